The molecule has 96 valence electrons. The molecule has 0 saturated heterocycles. The van der Waals surface area contributed by atoms with Gasteiger partial charge >= 0.3 is 0 Å². The van der Waals surface area contributed by atoms with E-state index in [0.29, 0.717) is 6.54 Å². The first kappa shape index (κ1) is 11.7. The number of para-hydroxylation sites is 2. The molecule has 4 nitrogen and oxygen atoms in total. The molecule has 3 rings (SSSR count). The standard InChI is InChI=1S/C15H14N2O2/c1-11-15(18)17(10-12-6-8-16-9-7-12)13-4-2-3-5-14(13)19-11/h2-9,11H,10H2,1H3/t11-/m0/s1. The van der Waals surface area contributed by atoms with Gasteiger partial charge in [-0.05, 0) is 36.8 Å². The maximum atomic E-state index is 12.3. The van der Waals surface area contributed by atoms with Crippen LogP contribution in [0.2, 0.25) is 0 Å². The maximum absolute atomic E-state index is 12.3. The Balaban J connectivity index is 1.97. The number of anilines is 1. The Morgan fingerprint density at radius 2 is 1.95 bits per heavy atom. The molecule has 2 aromatic rings. The Hall–Kier alpha value is -2.36. The van der Waals surface area contributed by atoms with Gasteiger partial charge in [0.15, 0.2) is 6.10 Å². The highest BCUT2D eigenvalue weighted by Gasteiger charge is 2.30. The fraction of sp³-hybridized carbons (Fsp3) is 0.200. The van der Waals surface area contributed by atoms with Crippen LogP contribution in [0.5, 0.6) is 5.75 Å². The van der Waals surface area contributed by atoms with Crippen molar-refractivity contribution in [1.82, 2.24) is 4.98 Å². The molecule has 0 bridgehead atoms. The lowest BCUT2D eigenvalue weighted by Gasteiger charge is -2.33. The molecule has 0 saturated carbocycles. The van der Waals surface area contributed by atoms with Crippen LogP contribution in [0.15, 0.2) is 48.8 Å². The molecule has 1 aliphatic rings. The normalized spacial score (nSPS) is 17.8. The van der Waals surface area contributed by atoms with Gasteiger partial charge < -0.3 is 9.64 Å². The average molecular weight is 254 g/mol. The molecule has 4 heteroatoms. The van der Waals surface area contributed by atoms with Gasteiger partial charge in [-0.25, -0.2) is 0 Å². The fourth-order valence-electron chi connectivity index (χ4n) is 2.19. The zero-order valence-corrected chi connectivity index (χ0v) is 10.6. The predicted octanol–water partition coefficient (Wildman–Crippen LogP) is 2.40. The minimum absolute atomic E-state index is 0.0180. The molecule has 1 amide bonds. The number of benzene rings is 1. The molecular weight excluding hydrogens is 240 g/mol. The first-order chi connectivity index (χ1) is 9.25. The van der Waals surface area contributed by atoms with Gasteiger partial charge in [-0.15, -0.1) is 0 Å². The van der Waals surface area contributed by atoms with E-state index in [4.69, 9.17) is 4.74 Å². The van der Waals surface area contributed by atoms with E-state index >= 15 is 0 Å². The number of nitrogens with zero attached hydrogens (tertiary/aromatic N) is 2. The third kappa shape index (κ3) is 2.17. The van der Waals surface area contributed by atoms with E-state index < -0.39 is 6.10 Å². The Morgan fingerprint density at radius 1 is 1.21 bits per heavy atom. The molecule has 0 fully saturated rings. The third-order valence-electron chi connectivity index (χ3n) is 3.16. The van der Waals surface area contributed by atoms with Crippen molar-refractivity contribution in [2.24, 2.45) is 0 Å². The van der Waals surface area contributed by atoms with Crippen LogP contribution in [0.3, 0.4) is 0 Å². The molecule has 0 spiro atoms. The number of fused-ring (bicyclic) bond motifs is 1. The molecule has 0 N–H and O–H groups in total. The second kappa shape index (κ2) is 4.72. The molecule has 19 heavy (non-hydrogen) atoms. The van der Waals surface area contributed by atoms with E-state index in [9.17, 15) is 4.79 Å². The van der Waals surface area contributed by atoms with Crippen LogP contribution in [-0.4, -0.2) is 17.0 Å². The van der Waals surface area contributed by atoms with Crippen molar-refractivity contribution in [3.05, 3.63) is 54.4 Å². The van der Waals surface area contributed by atoms with Gasteiger partial charge in [0.25, 0.3) is 5.91 Å². The van der Waals surface area contributed by atoms with Crippen molar-refractivity contribution < 1.29 is 9.53 Å². The van der Waals surface area contributed by atoms with Gasteiger partial charge in [0.1, 0.15) is 5.75 Å². The van der Waals surface area contributed by atoms with E-state index in [-0.39, 0.29) is 5.91 Å². The second-order valence-electron chi connectivity index (χ2n) is 4.51. The summed E-state index contributed by atoms with van der Waals surface area (Å²) in [7, 11) is 0. The monoisotopic (exact) mass is 254 g/mol. The van der Waals surface area contributed by atoms with E-state index in [1.807, 2.05) is 36.4 Å². The molecule has 1 aliphatic heterocycles. The summed E-state index contributed by atoms with van der Waals surface area (Å²) in [6, 6.07) is 11.4. The molecule has 2 heterocycles. The first-order valence-electron chi connectivity index (χ1n) is 6.21. The summed E-state index contributed by atoms with van der Waals surface area (Å²) in [4.78, 5) is 18.0. The van der Waals surface area contributed by atoms with Crippen LogP contribution in [-0.2, 0) is 11.3 Å². The number of rotatable bonds is 2. The zero-order chi connectivity index (χ0) is 13.2. The highest BCUT2D eigenvalue weighted by Crippen LogP contribution is 2.34. The Bertz CT molecular complexity index is 598. The Labute approximate surface area is 111 Å². The van der Waals surface area contributed by atoms with Crippen LogP contribution in [0.25, 0.3) is 0 Å². The van der Waals surface area contributed by atoms with Gasteiger partial charge in [-0.2, -0.15) is 0 Å². The number of hydrogen-bond donors (Lipinski definition) is 0. The third-order valence-corrected chi connectivity index (χ3v) is 3.16. The van der Waals surface area contributed by atoms with Crippen molar-refractivity contribution in [1.29, 1.82) is 0 Å². The second-order valence-corrected chi connectivity index (χ2v) is 4.51. The van der Waals surface area contributed by atoms with Crippen LogP contribution in [0.1, 0.15) is 12.5 Å². The molecule has 1 atom stereocenters. The number of carbonyl (C=O) groups excluding carboxylic acids is 1. The highest BCUT2D eigenvalue weighted by atomic mass is 16.5. The average Bonchev–Trinajstić information content (AvgIpc) is 2.45. The number of hydrogen-bond acceptors (Lipinski definition) is 3. The van der Waals surface area contributed by atoms with Crippen molar-refractivity contribution in [3.8, 4) is 5.75 Å². The van der Waals surface area contributed by atoms with Crippen LogP contribution in [0.4, 0.5) is 5.69 Å². The lowest BCUT2D eigenvalue weighted by Crippen LogP contribution is -2.43. The van der Waals surface area contributed by atoms with Crippen LogP contribution >= 0.6 is 0 Å². The molecular formula is C15H14N2O2. The number of aromatic nitrogens is 1. The van der Waals surface area contributed by atoms with Gasteiger partial charge in [-0.3, -0.25) is 9.78 Å². The van der Waals surface area contributed by atoms with Gasteiger partial charge in [0.05, 0.1) is 12.2 Å². The summed E-state index contributed by atoms with van der Waals surface area (Å²) in [6.45, 7) is 2.31. The Kier molecular flexibility index (Phi) is 2.91. The summed E-state index contributed by atoms with van der Waals surface area (Å²) in [5.74, 6) is 0.735. The molecule has 1 aromatic carbocycles. The first-order valence-corrected chi connectivity index (χ1v) is 6.21. The lowest BCUT2D eigenvalue weighted by atomic mass is 10.1. The lowest BCUT2D eigenvalue weighted by molar-refractivity contribution is -0.125. The fourth-order valence-corrected chi connectivity index (χ4v) is 2.19. The van der Waals surface area contributed by atoms with Crippen LogP contribution in [0, 0.1) is 0 Å². The minimum atomic E-state index is -0.447. The highest BCUT2D eigenvalue weighted by molar-refractivity contribution is 5.99. The summed E-state index contributed by atoms with van der Waals surface area (Å²) in [5, 5.41) is 0. The van der Waals surface area contributed by atoms with Crippen molar-refractivity contribution in [2.75, 3.05) is 4.90 Å². The number of ether oxygens (including phenoxy) is 1. The summed E-state index contributed by atoms with van der Waals surface area (Å²) < 4.78 is 5.61. The minimum Gasteiger partial charge on any atom is -0.479 e. The van der Waals surface area contributed by atoms with E-state index in [0.717, 1.165) is 17.0 Å². The van der Waals surface area contributed by atoms with Crippen molar-refractivity contribution in [2.45, 2.75) is 19.6 Å². The van der Waals surface area contributed by atoms with E-state index in [2.05, 4.69) is 4.98 Å². The quantitative estimate of drug-likeness (QED) is 0.826. The van der Waals surface area contributed by atoms with Crippen LogP contribution < -0.4 is 9.64 Å². The number of amides is 1. The van der Waals surface area contributed by atoms with E-state index in [1.54, 1.807) is 24.2 Å². The Morgan fingerprint density at radius 3 is 2.74 bits per heavy atom. The SMILES string of the molecule is C[C@@H]1Oc2ccccc2N(Cc2ccncc2)C1=O. The predicted molar refractivity (Wildman–Crippen MR) is 72.0 cm³/mol. The molecule has 1 aromatic heterocycles. The van der Waals surface area contributed by atoms with Crippen molar-refractivity contribution >= 4 is 11.6 Å². The maximum Gasteiger partial charge on any atom is 0.268 e. The molecule has 0 aliphatic carbocycles. The van der Waals surface area contributed by atoms with Gasteiger partial charge in [-0.1, -0.05) is 12.1 Å². The van der Waals surface area contributed by atoms with Crippen molar-refractivity contribution in [3.63, 3.8) is 0 Å². The smallest absolute Gasteiger partial charge is 0.268 e. The molecule has 0 radical (unpaired) electrons. The van der Waals surface area contributed by atoms with Gasteiger partial charge in [0.2, 0.25) is 0 Å². The summed E-state index contributed by atoms with van der Waals surface area (Å²) in [5.41, 5.74) is 1.87. The summed E-state index contributed by atoms with van der Waals surface area (Å²) in [6.07, 6.45) is 3.02. The number of carbonyl (C=O) groups is 1. The summed E-state index contributed by atoms with van der Waals surface area (Å²) >= 11 is 0. The number of pyridine rings is 1. The van der Waals surface area contributed by atoms with E-state index in [1.165, 1.54) is 0 Å². The topological polar surface area (TPSA) is 42.4 Å². The zero-order valence-electron chi connectivity index (χ0n) is 10.6. The molecule has 0 unspecified atom stereocenters. The van der Waals surface area contributed by atoms with Gasteiger partial charge in [0, 0.05) is 12.4 Å². The largest absolute Gasteiger partial charge is 0.479 e.